The van der Waals surface area contributed by atoms with Crippen molar-refractivity contribution in [3.05, 3.63) is 33.8 Å². The van der Waals surface area contributed by atoms with E-state index in [0.717, 1.165) is 6.42 Å². The Morgan fingerprint density at radius 1 is 1.36 bits per heavy atom. The van der Waals surface area contributed by atoms with Crippen LogP contribution in [0.3, 0.4) is 0 Å². The third-order valence-corrected chi connectivity index (χ3v) is 4.22. The van der Waals surface area contributed by atoms with Gasteiger partial charge in [0.2, 0.25) is 5.91 Å². The maximum Gasteiger partial charge on any atom is 0.256 e. The number of halogens is 2. The summed E-state index contributed by atoms with van der Waals surface area (Å²) in [5.74, 6) is -0.401. The molecular formula is C15H19Cl2N3O2. The van der Waals surface area contributed by atoms with E-state index in [0.29, 0.717) is 48.1 Å². The topological polar surface area (TPSA) is 75.4 Å². The van der Waals surface area contributed by atoms with Gasteiger partial charge < -0.3 is 16.0 Å². The minimum Gasteiger partial charge on any atom is -0.354 e. The van der Waals surface area contributed by atoms with E-state index in [9.17, 15) is 9.59 Å². The number of hydrogen-bond donors (Lipinski definition) is 2. The zero-order chi connectivity index (χ0) is 16.1. The lowest BCUT2D eigenvalue weighted by atomic mass is 10.1. The summed E-state index contributed by atoms with van der Waals surface area (Å²) < 4.78 is 0. The average molecular weight is 344 g/mol. The van der Waals surface area contributed by atoms with E-state index >= 15 is 0 Å². The second kappa shape index (κ2) is 7.81. The van der Waals surface area contributed by atoms with Crippen LogP contribution in [0.25, 0.3) is 0 Å². The first-order valence-electron chi connectivity index (χ1n) is 7.28. The van der Waals surface area contributed by atoms with Crippen LogP contribution in [-0.2, 0) is 4.79 Å². The summed E-state index contributed by atoms with van der Waals surface area (Å²) in [7, 11) is 0. The number of likely N-dealkylation sites (tertiary alicyclic amines) is 1. The van der Waals surface area contributed by atoms with Crippen LogP contribution in [0, 0.1) is 0 Å². The largest absolute Gasteiger partial charge is 0.354 e. The summed E-state index contributed by atoms with van der Waals surface area (Å²) >= 11 is 12.0. The smallest absolute Gasteiger partial charge is 0.256 e. The van der Waals surface area contributed by atoms with Gasteiger partial charge in [-0.2, -0.15) is 0 Å². The van der Waals surface area contributed by atoms with Crippen molar-refractivity contribution in [2.75, 3.05) is 19.6 Å². The van der Waals surface area contributed by atoms with Gasteiger partial charge in [-0.25, -0.2) is 0 Å². The molecule has 0 bridgehead atoms. The van der Waals surface area contributed by atoms with Crippen molar-refractivity contribution in [1.29, 1.82) is 0 Å². The number of nitrogens with one attached hydrogen (secondary N) is 1. The van der Waals surface area contributed by atoms with Crippen LogP contribution in [0.2, 0.25) is 10.0 Å². The molecule has 1 aromatic rings. The summed E-state index contributed by atoms with van der Waals surface area (Å²) in [6, 6.07) is 4.29. The van der Waals surface area contributed by atoms with E-state index in [1.54, 1.807) is 17.0 Å². The number of carbonyl (C=O) groups is 2. The first kappa shape index (κ1) is 17.1. The highest BCUT2D eigenvalue weighted by Gasteiger charge is 2.35. The minimum absolute atomic E-state index is 0.141. The number of hydrogen-bond acceptors (Lipinski definition) is 3. The molecule has 0 saturated carbocycles. The predicted molar refractivity (Wildman–Crippen MR) is 87.2 cm³/mol. The molecule has 1 fully saturated rings. The molecule has 2 amide bonds. The summed E-state index contributed by atoms with van der Waals surface area (Å²) in [4.78, 5) is 26.4. The highest BCUT2D eigenvalue weighted by atomic mass is 35.5. The number of amides is 2. The van der Waals surface area contributed by atoms with Crippen molar-refractivity contribution < 1.29 is 9.59 Å². The van der Waals surface area contributed by atoms with Crippen LogP contribution in [0.5, 0.6) is 0 Å². The Hall–Kier alpha value is -1.30. The molecule has 3 N–H and O–H groups in total. The third kappa shape index (κ3) is 3.91. The van der Waals surface area contributed by atoms with E-state index in [-0.39, 0.29) is 11.8 Å². The lowest BCUT2D eigenvalue weighted by Gasteiger charge is -2.24. The van der Waals surface area contributed by atoms with Gasteiger partial charge in [0.1, 0.15) is 6.04 Å². The molecule has 1 unspecified atom stereocenters. The number of rotatable bonds is 5. The van der Waals surface area contributed by atoms with Gasteiger partial charge in [-0.1, -0.05) is 23.2 Å². The fourth-order valence-electron chi connectivity index (χ4n) is 2.53. The average Bonchev–Trinajstić information content (AvgIpc) is 2.98. The van der Waals surface area contributed by atoms with Crippen molar-refractivity contribution in [3.8, 4) is 0 Å². The Labute approximate surface area is 139 Å². The molecule has 0 aliphatic carbocycles. The summed E-state index contributed by atoms with van der Waals surface area (Å²) in [5.41, 5.74) is 5.74. The van der Waals surface area contributed by atoms with Crippen LogP contribution in [0.1, 0.15) is 29.6 Å². The molecular weight excluding hydrogens is 325 g/mol. The lowest BCUT2D eigenvalue weighted by Crippen LogP contribution is -2.46. The molecule has 1 heterocycles. The van der Waals surface area contributed by atoms with E-state index in [1.165, 1.54) is 6.07 Å². The third-order valence-electron chi connectivity index (χ3n) is 3.66. The molecule has 1 aliphatic heterocycles. The van der Waals surface area contributed by atoms with E-state index in [2.05, 4.69) is 5.32 Å². The predicted octanol–water partition coefficient (Wildman–Crippen LogP) is 2.06. The highest BCUT2D eigenvalue weighted by Crippen LogP contribution is 2.26. The minimum atomic E-state index is -0.458. The van der Waals surface area contributed by atoms with E-state index in [4.69, 9.17) is 28.9 Å². The van der Waals surface area contributed by atoms with Crippen molar-refractivity contribution in [3.63, 3.8) is 0 Å². The Morgan fingerprint density at radius 2 is 2.14 bits per heavy atom. The Balaban J connectivity index is 2.11. The Bertz CT molecular complexity index is 566. The van der Waals surface area contributed by atoms with Gasteiger partial charge in [-0.05, 0) is 44.0 Å². The molecule has 1 atom stereocenters. The Kier molecular flexibility index (Phi) is 6.06. The van der Waals surface area contributed by atoms with Crippen LogP contribution < -0.4 is 11.1 Å². The normalized spacial score (nSPS) is 17.6. The summed E-state index contributed by atoms with van der Waals surface area (Å²) in [6.45, 7) is 1.58. The van der Waals surface area contributed by atoms with Gasteiger partial charge in [0.15, 0.2) is 0 Å². The van der Waals surface area contributed by atoms with Crippen molar-refractivity contribution in [1.82, 2.24) is 10.2 Å². The zero-order valence-corrected chi connectivity index (χ0v) is 13.7. The second-order valence-electron chi connectivity index (χ2n) is 5.21. The van der Waals surface area contributed by atoms with Gasteiger partial charge in [0.05, 0.1) is 10.6 Å². The second-order valence-corrected chi connectivity index (χ2v) is 6.06. The van der Waals surface area contributed by atoms with Gasteiger partial charge in [-0.3, -0.25) is 9.59 Å². The monoisotopic (exact) mass is 343 g/mol. The number of carbonyl (C=O) groups excluding carboxylic acids is 2. The van der Waals surface area contributed by atoms with Gasteiger partial charge in [0, 0.05) is 18.1 Å². The standard InChI is InChI=1S/C15H19Cl2N3O2/c16-10-4-5-12(17)11(9-10)15(22)20-8-1-3-13(20)14(21)19-7-2-6-18/h4-5,9,13H,1-3,6-8,18H2,(H,19,21). The first-order chi connectivity index (χ1) is 10.5. The zero-order valence-electron chi connectivity index (χ0n) is 12.1. The Morgan fingerprint density at radius 3 is 2.86 bits per heavy atom. The van der Waals surface area contributed by atoms with Crippen LogP contribution in [0.15, 0.2) is 18.2 Å². The van der Waals surface area contributed by atoms with E-state index < -0.39 is 6.04 Å². The maximum atomic E-state index is 12.6. The lowest BCUT2D eigenvalue weighted by molar-refractivity contribution is -0.124. The molecule has 1 aromatic carbocycles. The van der Waals surface area contributed by atoms with Crippen LogP contribution >= 0.6 is 23.2 Å². The highest BCUT2D eigenvalue weighted by molar-refractivity contribution is 6.35. The molecule has 1 aliphatic rings. The SMILES string of the molecule is NCCCNC(=O)C1CCCN1C(=O)c1cc(Cl)ccc1Cl. The number of nitrogens with zero attached hydrogens (tertiary/aromatic N) is 1. The van der Waals surface area contributed by atoms with Crippen LogP contribution in [-0.4, -0.2) is 42.4 Å². The summed E-state index contributed by atoms with van der Waals surface area (Å²) in [5, 5.41) is 3.59. The number of benzene rings is 1. The fraction of sp³-hybridized carbons (Fsp3) is 0.467. The van der Waals surface area contributed by atoms with Gasteiger partial charge >= 0.3 is 0 Å². The molecule has 2 rings (SSSR count). The van der Waals surface area contributed by atoms with E-state index in [1.807, 2.05) is 0 Å². The fourth-order valence-corrected chi connectivity index (χ4v) is 2.90. The number of nitrogens with two attached hydrogens (primary N) is 1. The summed E-state index contributed by atoms with van der Waals surface area (Å²) in [6.07, 6.45) is 2.16. The quantitative estimate of drug-likeness (QED) is 0.803. The van der Waals surface area contributed by atoms with Gasteiger partial charge in [0.25, 0.3) is 5.91 Å². The maximum absolute atomic E-state index is 12.6. The molecule has 5 nitrogen and oxygen atoms in total. The van der Waals surface area contributed by atoms with Crippen molar-refractivity contribution >= 4 is 35.0 Å². The molecule has 0 radical (unpaired) electrons. The molecule has 1 saturated heterocycles. The van der Waals surface area contributed by atoms with Crippen molar-refractivity contribution in [2.45, 2.75) is 25.3 Å². The molecule has 22 heavy (non-hydrogen) atoms. The van der Waals surface area contributed by atoms with Crippen molar-refractivity contribution in [2.24, 2.45) is 5.73 Å². The van der Waals surface area contributed by atoms with Crippen LogP contribution in [0.4, 0.5) is 0 Å². The molecule has 120 valence electrons. The molecule has 0 spiro atoms. The van der Waals surface area contributed by atoms with Gasteiger partial charge in [-0.15, -0.1) is 0 Å². The first-order valence-corrected chi connectivity index (χ1v) is 8.04. The molecule has 0 aromatic heterocycles. The molecule has 7 heteroatoms.